The molecule has 0 amide bonds. The molecule has 2 aromatic rings. The zero-order valence-corrected chi connectivity index (χ0v) is 10.1. The Morgan fingerprint density at radius 1 is 1.37 bits per heavy atom. The second-order valence-corrected chi connectivity index (χ2v) is 3.84. The molecule has 0 aliphatic carbocycles. The number of halogens is 2. The van der Waals surface area contributed by atoms with Crippen molar-refractivity contribution in [2.75, 3.05) is 11.9 Å². The lowest BCUT2D eigenvalue weighted by Crippen LogP contribution is -2.08. The van der Waals surface area contributed by atoms with Crippen molar-refractivity contribution in [3.05, 3.63) is 41.0 Å². The molecule has 0 saturated carbocycles. The van der Waals surface area contributed by atoms with Crippen molar-refractivity contribution in [3.8, 4) is 6.07 Å². The predicted octanol–water partition coefficient (Wildman–Crippen LogP) is 2.18. The molecular formula is C12H10F2N4O. The zero-order valence-electron chi connectivity index (χ0n) is 10.1. The highest BCUT2D eigenvalue weighted by molar-refractivity contribution is 5.50. The number of hydrogen-bond acceptors (Lipinski definition) is 5. The highest BCUT2D eigenvalue weighted by Gasteiger charge is 2.11. The monoisotopic (exact) mass is 264 g/mol. The van der Waals surface area contributed by atoms with Gasteiger partial charge in [0.1, 0.15) is 5.69 Å². The molecule has 2 rings (SSSR count). The number of hydrogen-bond donors (Lipinski definition) is 1. The van der Waals surface area contributed by atoms with Gasteiger partial charge in [0.15, 0.2) is 17.5 Å². The van der Waals surface area contributed by atoms with Gasteiger partial charge in [-0.15, -0.1) is 0 Å². The van der Waals surface area contributed by atoms with Gasteiger partial charge in [-0.05, 0) is 19.1 Å². The summed E-state index contributed by atoms with van der Waals surface area (Å²) >= 11 is 0. The summed E-state index contributed by atoms with van der Waals surface area (Å²) in [4.78, 5) is 3.97. The van der Waals surface area contributed by atoms with Gasteiger partial charge in [0, 0.05) is 13.0 Å². The Labute approximate surface area is 107 Å². The van der Waals surface area contributed by atoms with Crippen molar-refractivity contribution in [2.45, 2.75) is 13.3 Å². The van der Waals surface area contributed by atoms with Gasteiger partial charge in [0.25, 0.3) is 0 Å². The third-order valence-corrected chi connectivity index (χ3v) is 2.38. The minimum atomic E-state index is -0.807. The third-order valence-electron chi connectivity index (χ3n) is 2.38. The maximum absolute atomic E-state index is 13.5. The molecule has 0 saturated heterocycles. The molecule has 0 aliphatic rings. The molecule has 1 aromatic carbocycles. The second-order valence-electron chi connectivity index (χ2n) is 3.84. The standard InChI is InChI=1S/C12H10F2N4O/c1-7-17-11(19-18-7)2-3-16-12-9(13)4-8(6-15)5-10(12)14/h4-5,16H,2-3H2,1H3. The van der Waals surface area contributed by atoms with Crippen LogP contribution >= 0.6 is 0 Å². The van der Waals surface area contributed by atoms with Crippen LogP contribution < -0.4 is 5.32 Å². The minimum Gasteiger partial charge on any atom is -0.380 e. The molecular weight excluding hydrogens is 254 g/mol. The molecule has 19 heavy (non-hydrogen) atoms. The van der Waals surface area contributed by atoms with Crippen LogP contribution in [0.15, 0.2) is 16.7 Å². The fraction of sp³-hybridized carbons (Fsp3) is 0.250. The first-order valence-corrected chi connectivity index (χ1v) is 5.52. The lowest BCUT2D eigenvalue weighted by molar-refractivity contribution is 0.377. The Morgan fingerprint density at radius 3 is 2.58 bits per heavy atom. The first-order valence-electron chi connectivity index (χ1n) is 5.52. The summed E-state index contributed by atoms with van der Waals surface area (Å²) in [6, 6.07) is 3.63. The van der Waals surface area contributed by atoms with Gasteiger partial charge in [0.05, 0.1) is 11.6 Å². The Morgan fingerprint density at radius 2 is 2.05 bits per heavy atom. The van der Waals surface area contributed by atoms with E-state index in [4.69, 9.17) is 9.78 Å². The van der Waals surface area contributed by atoms with Gasteiger partial charge in [0.2, 0.25) is 5.89 Å². The molecule has 1 heterocycles. The molecule has 0 aliphatic heterocycles. The molecule has 1 N–H and O–H groups in total. The third kappa shape index (κ3) is 3.04. The van der Waals surface area contributed by atoms with E-state index in [2.05, 4.69) is 15.5 Å². The summed E-state index contributed by atoms with van der Waals surface area (Å²) in [6.07, 6.45) is 0.347. The molecule has 1 aromatic heterocycles. The van der Waals surface area contributed by atoms with Crippen LogP contribution in [-0.2, 0) is 6.42 Å². The maximum Gasteiger partial charge on any atom is 0.228 e. The van der Waals surface area contributed by atoms with Crippen molar-refractivity contribution in [1.82, 2.24) is 10.1 Å². The fourth-order valence-corrected chi connectivity index (χ4v) is 1.54. The second kappa shape index (κ2) is 5.44. The largest absolute Gasteiger partial charge is 0.380 e. The molecule has 0 bridgehead atoms. The smallest absolute Gasteiger partial charge is 0.228 e. The van der Waals surface area contributed by atoms with E-state index in [0.717, 1.165) is 12.1 Å². The van der Waals surface area contributed by atoms with Crippen LogP contribution in [0.3, 0.4) is 0 Å². The average molecular weight is 264 g/mol. The fourth-order valence-electron chi connectivity index (χ4n) is 1.54. The van der Waals surface area contributed by atoms with E-state index >= 15 is 0 Å². The van der Waals surface area contributed by atoms with Crippen LogP contribution in [-0.4, -0.2) is 16.7 Å². The van der Waals surface area contributed by atoms with Gasteiger partial charge < -0.3 is 9.84 Å². The number of nitrogens with zero attached hydrogens (tertiary/aromatic N) is 3. The summed E-state index contributed by atoms with van der Waals surface area (Å²) in [5.74, 6) is -0.721. The van der Waals surface area contributed by atoms with Crippen molar-refractivity contribution in [3.63, 3.8) is 0 Å². The number of aryl methyl sites for hydroxylation is 1. The minimum absolute atomic E-state index is 0.0620. The summed E-state index contributed by atoms with van der Waals surface area (Å²) in [6.45, 7) is 1.92. The summed E-state index contributed by atoms with van der Waals surface area (Å²) < 4.78 is 31.9. The van der Waals surface area contributed by atoms with Crippen molar-refractivity contribution >= 4 is 5.69 Å². The van der Waals surface area contributed by atoms with Gasteiger partial charge in [-0.1, -0.05) is 5.16 Å². The van der Waals surface area contributed by atoms with E-state index in [1.54, 1.807) is 13.0 Å². The van der Waals surface area contributed by atoms with Gasteiger partial charge >= 0.3 is 0 Å². The molecule has 0 fully saturated rings. The highest BCUT2D eigenvalue weighted by Crippen LogP contribution is 2.20. The van der Waals surface area contributed by atoms with Gasteiger partial charge in [-0.2, -0.15) is 10.2 Å². The first-order chi connectivity index (χ1) is 9.10. The molecule has 0 spiro atoms. The maximum atomic E-state index is 13.5. The van der Waals surface area contributed by atoms with Gasteiger partial charge in [-0.25, -0.2) is 8.78 Å². The molecule has 0 atom stereocenters. The van der Waals surface area contributed by atoms with Crippen LogP contribution in [0.4, 0.5) is 14.5 Å². The van der Waals surface area contributed by atoms with E-state index in [9.17, 15) is 8.78 Å². The van der Waals surface area contributed by atoms with Crippen molar-refractivity contribution < 1.29 is 13.3 Å². The van der Waals surface area contributed by atoms with Crippen molar-refractivity contribution in [1.29, 1.82) is 5.26 Å². The number of aromatic nitrogens is 2. The summed E-state index contributed by atoms with van der Waals surface area (Å²) in [7, 11) is 0. The molecule has 7 heteroatoms. The van der Waals surface area contributed by atoms with E-state index in [1.165, 1.54) is 0 Å². The zero-order chi connectivity index (χ0) is 13.8. The molecule has 98 valence electrons. The van der Waals surface area contributed by atoms with Crippen molar-refractivity contribution in [2.24, 2.45) is 0 Å². The van der Waals surface area contributed by atoms with E-state index in [0.29, 0.717) is 18.1 Å². The number of anilines is 1. The van der Waals surface area contributed by atoms with Crippen LogP contribution in [0.5, 0.6) is 0 Å². The van der Waals surface area contributed by atoms with Crippen LogP contribution in [0.25, 0.3) is 0 Å². The Balaban J connectivity index is 2.02. The van der Waals surface area contributed by atoms with E-state index in [1.807, 2.05) is 0 Å². The number of benzene rings is 1. The summed E-state index contributed by atoms with van der Waals surface area (Å²) in [5, 5.41) is 14.8. The number of rotatable bonds is 4. The van der Waals surface area contributed by atoms with E-state index in [-0.39, 0.29) is 17.8 Å². The number of nitrogens with one attached hydrogen (secondary N) is 1. The number of nitriles is 1. The first kappa shape index (κ1) is 13.0. The van der Waals surface area contributed by atoms with Crippen LogP contribution in [0.1, 0.15) is 17.3 Å². The Bertz CT molecular complexity index is 610. The average Bonchev–Trinajstić information content (AvgIpc) is 2.78. The van der Waals surface area contributed by atoms with E-state index < -0.39 is 11.6 Å². The molecule has 0 radical (unpaired) electrons. The quantitative estimate of drug-likeness (QED) is 0.916. The van der Waals surface area contributed by atoms with Crippen LogP contribution in [0.2, 0.25) is 0 Å². The highest BCUT2D eigenvalue weighted by atomic mass is 19.1. The Hall–Kier alpha value is -2.49. The Kier molecular flexibility index (Phi) is 3.71. The normalized spacial score (nSPS) is 10.2. The summed E-state index contributed by atoms with van der Waals surface area (Å²) in [5.41, 5.74) is -0.330. The van der Waals surface area contributed by atoms with Gasteiger partial charge in [-0.3, -0.25) is 0 Å². The lowest BCUT2D eigenvalue weighted by Gasteiger charge is -2.07. The van der Waals surface area contributed by atoms with Crippen LogP contribution in [0, 0.1) is 29.9 Å². The molecule has 5 nitrogen and oxygen atoms in total. The topological polar surface area (TPSA) is 74.7 Å². The molecule has 0 unspecified atom stereocenters. The SMILES string of the molecule is Cc1noc(CCNc2c(F)cc(C#N)cc2F)n1. The predicted molar refractivity (Wildman–Crippen MR) is 62.3 cm³/mol. The lowest BCUT2D eigenvalue weighted by atomic mass is 10.2.